The lowest BCUT2D eigenvalue weighted by Gasteiger charge is -2.25. The Labute approximate surface area is 155 Å². The van der Waals surface area contributed by atoms with E-state index in [0.717, 1.165) is 16.7 Å². The largest absolute Gasteiger partial charge is 0.486 e. The zero-order valence-electron chi connectivity index (χ0n) is 15.6. The molecular formula is C20H25NO4S. The molecule has 3 rings (SSSR count). The molecule has 0 bridgehead atoms. The van der Waals surface area contributed by atoms with Gasteiger partial charge in [0.2, 0.25) is 10.0 Å². The van der Waals surface area contributed by atoms with E-state index in [-0.39, 0.29) is 12.0 Å². The summed E-state index contributed by atoms with van der Waals surface area (Å²) in [7, 11) is -3.65. The van der Waals surface area contributed by atoms with Crippen LogP contribution in [0.4, 0.5) is 0 Å². The molecule has 0 spiro atoms. The van der Waals surface area contributed by atoms with Crippen LogP contribution in [-0.2, 0) is 10.0 Å². The summed E-state index contributed by atoms with van der Waals surface area (Å²) >= 11 is 0. The smallest absolute Gasteiger partial charge is 0.241 e. The highest BCUT2D eigenvalue weighted by Crippen LogP contribution is 2.35. The second kappa shape index (κ2) is 7.29. The fourth-order valence-corrected chi connectivity index (χ4v) is 4.77. The quantitative estimate of drug-likeness (QED) is 0.864. The Morgan fingerprint density at radius 2 is 1.65 bits per heavy atom. The minimum Gasteiger partial charge on any atom is -0.486 e. The molecular weight excluding hydrogens is 350 g/mol. The Morgan fingerprint density at radius 1 is 0.962 bits per heavy atom. The zero-order valence-corrected chi connectivity index (χ0v) is 16.4. The van der Waals surface area contributed by atoms with Crippen LogP contribution in [0.25, 0.3) is 0 Å². The molecule has 0 saturated carbocycles. The fourth-order valence-electron chi connectivity index (χ4n) is 3.07. The number of sulfonamides is 1. The van der Waals surface area contributed by atoms with Gasteiger partial charge < -0.3 is 9.47 Å². The molecule has 0 aromatic heterocycles. The summed E-state index contributed by atoms with van der Waals surface area (Å²) in [6.07, 6.45) is 0. The van der Waals surface area contributed by atoms with Gasteiger partial charge in [-0.25, -0.2) is 13.1 Å². The van der Waals surface area contributed by atoms with E-state index in [1.807, 2.05) is 58.0 Å². The number of rotatable bonds is 5. The van der Waals surface area contributed by atoms with Gasteiger partial charge in [-0.3, -0.25) is 0 Å². The SMILES string of the molecule is Cc1ccc(C)c(S(=O)(=O)N[C@H](c2ccc3c(c2)OCCO3)C(C)C)c1. The fraction of sp³-hybridized carbons (Fsp3) is 0.400. The summed E-state index contributed by atoms with van der Waals surface area (Å²) < 4.78 is 40.1. The Balaban J connectivity index is 1.95. The van der Waals surface area contributed by atoms with Crippen molar-refractivity contribution < 1.29 is 17.9 Å². The van der Waals surface area contributed by atoms with Gasteiger partial charge in [0.25, 0.3) is 0 Å². The number of nitrogens with one attached hydrogen (secondary N) is 1. The highest BCUT2D eigenvalue weighted by molar-refractivity contribution is 7.89. The number of benzene rings is 2. The van der Waals surface area contributed by atoms with E-state index in [1.54, 1.807) is 6.07 Å². The van der Waals surface area contributed by atoms with Crippen molar-refractivity contribution in [2.24, 2.45) is 5.92 Å². The van der Waals surface area contributed by atoms with Crippen molar-refractivity contribution in [3.8, 4) is 11.5 Å². The predicted molar refractivity (Wildman–Crippen MR) is 101 cm³/mol. The third kappa shape index (κ3) is 3.86. The molecule has 0 fully saturated rings. The van der Waals surface area contributed by atoms with Gasteiger partial charge in [0.05, 0.1) is 4.90 Å². The molecule has 1 aliphatic heterocycles. The molecule has 1 aliphatic rings. The molecule has 1 N–H and O–H groups in total. The predicted octanol–water partition coefficient (Wildman–Crippen LogP) is 3.75. The van der Waals surface area contributed by atoms with Crippen molar-refractivity contribution >= 4 is 10.0 Å². The van der Waals surface area contributed by atoms with Gasteiger partial charge in [0.1, 0.15) is 13.2 Å². The zero-order chi connectivity index (χ0) is 18.9. The van der Waals surface area contributed by atoms with Crippen LogP contribution in [0.5, 0.6) is 11.5 Å². The summed E-state index contributed by atoms with van der Waals surface area (Å²) in [6, 6.07) is 10.7. The van der Waals surface area contributed by atoms with E-state index in [0.29, 0.717) is 29.6 Å². The monoisotopic (exact) mass is 375 g/mol. The van der Waals surface area contributed by atoms with Crippen molar-refractivity contribution in [1.82, 2.24) is 4.72 Å². The van der Waals surface area contributed by atoms with Crippen LogP contribution in [0.2, 0.25) is 0 Å². The molecule has 0 amide bonds. The number of fused-ring (bicyclic) bond motifs is 1. The van der Waals surface area contributed by atoms with Crippen LogP contribution < -0.4 is 14.2 Å². The molecule has 0 unspecified atom stereocenters. The topological polar surface area (TPSA) is 64.6 Å². The highest BCUT2D eigenvalue weighted by Gasteiger charge is 2.26. The van der Waals surface area contributed by atoms with Gasteiger partial charge in [-0.05, 0) is 54.7 Å². The summed E-state index contributed by atoms with van der Waals surface area (Å²) in [5.41, 5.74) is 2.50. The summed E-state index contributed by atoms with van der Waals surface area (Å²) in [5, 5.41) is 0. The molecule has 5 nitrogen and oxygen atoms in total. The lowest BCUT2D eigenvalue weighted by molar-refractivity contribution is 0.171. The standard InChI is InChI=1S/C20H25NO4S/c1-13(2)20(16-7-8-17-18(12-16)25-10-9-24-17)21-26(22,23)19-11-14(3)5-6-15(19)4/h5-8,11-13,20-21H,9-10H2,1-4H3/t20-/m0/s1. The van der Waals surface area contributed by atoms with Crippen molar-refractivity contribution in [1.29, 1.82) is 0 Å². The van der Waals surface area contributed by atoms with E-state index in [1.165, 1.54) is 0 Å². The van der Waals surface area contributed by atoms with Crippen LogP contribution in [0.3, 0.4) is 0 Å². The third-order valence-electron chi connectivity index (χ3n) is 4.51. The molecule has 0 radical (unpaired) electrons. The number of aryl methyl sites for hydroxylation is 2. The molecule has 26 heavy (non-hydrogen) atoms. The second-order valence-corrected chi connectivity index (χ2v) is 8.70. The van der Waals surface area contributed by atoms with Gasteiger partial charge >= 0.3 is 0 Å². The molecule has 2 aromatic rings. The average molecular weight is 375 g/mol. The van der Waals surface area contributed by atoms with E-state index in [2.05, 4.69) is 4.72 Å². The van der Waals surface area contributed by atoms with Crippen LogP contribution in [0.15, 0.2) is 41.3 Å². The van der Waals surface area contributed by atoms with Crippen LogP contribution in [0.1, 0.15) is 36.6 Å². The maximum absolute atomic E-state index is 13.0. The molecule has 1 atom stereocenters. The first-order valence-electron chi connectivity index (χ1n) is 8.77. The normalized spacial score (nSPS) is 15.1. The lowest BCUT2D eigenvalue weighted by Crippen LogP contribution is -2.32. The molecule has 0 aliphatic carbocycles. The van der Waals surface area contributed by atoms with E-state index in [4.69, 9.17) is 9.47 Å². The minimum atomic E-state index is -3.65. The van der Waals surface area contributed by atoms with E-state index in [9.17, 15) is 8.42 Å². The number of ether oxygens (including phenoxy) is 2. The van der Waals surface area contributed by atoms with Gasteiger partial charge in [-0.2, -0.15) is 0 Å². The maximum atomic E-state index is 13.0. The van der Waals surface area contributed by atoms with E-state index >= 15 is 0 Å². The lowest BCUT2D eigenvalue weighted by atomic mass is 9.97. The number of hydrogen-bond acceptors (Lipinski definition) is 4. The summed E-state index contributed by atoms with van der Waals surface area (Å²) in [4.78, 5) is 0.320. The average Bonchev–Trinajstić information content (AvgIpc) is 2.61. The summed E-state index contributed by atoms with van der Waals surface area (Å²) in [6.45, 7) is 8.71. The van der Waals surface area contributed by atoms with Gasteiger partial charge in [-0.15, -0.1) is 0 Å². The van der Waals surface area contributed by atoms with Gasteiger partial charge in [0, 0.05) is 6.04 Å². The Hall–Kier alpha value is -2.05. The highest BCUT2D eigenvalue weighted by atomic mass is 32.2. The Morgan fingerprint density at radius 3 is 2.35 bits per heavy atom. The maximum Gasteiger partial charge on any atom is 0.241 e. The Bertz CT molecular complexity index is 906. The van der Waals surface area contributed by atoms with E-state index < -0.39 is 10.0 Å². The Kier molecular flexibility index (Phi) is 5.25. The molecule has 0 saturated heterocycles. The van der Waals surface area contributed by atoms with Gasteiger partial charge in [-0.1, -0.05) is 32.0 Å². The first-order chi connectivity index (χ1) is 12.3. The molecule has 6 heteroatoms. The molecule has 140 valence electrons. The molecule has 1 heterocycles. The van der Waals surface area contributed by atoms with Crippen molar-refractivity contribution in [2.45, 2.75) is 38.6 Å². The van der Waals surface area contributed by atoms with Crippen LogP contribution in [-0.4, -0.2) is 21.6 Å². The molecule has 2 aromatic carbocycles. The van der Waals surface area contributed by atoms with Crippen molar-refractivity contribution in [3.05, 3.63) is 53.1 Å². The van der Waals surface area contributed by atoms with Crippen LogP contribution in [0, 0.1) is 19.8 Å². The van der Waals surface area contributed by atoms with Crippen LogP contribution >= 0.6 is 0 Å². The first-order valence-corrected chi connectivity index (χ1v) is 10.3. The summed E-state index contributed by atoms with van der Waals surface area (Å²) in [5.74, 6) is 1.42. The third-order valence-corrected chi connectivity index (χ3v) is 6.09. The van der Waals surface area contributed by atoms with Gasteiger partial charge in [0.15, 0.2) is 11.5 Å². The minimum absolute atomic E-state index is 0.0671. The number of hydrogen-bond donors (Lipinski definition) is 1. The first kappa shape index (κ1) is 18.7. The second-order valence-electron chi connectivity index (χ2n) is 7.02. The van der Waals surface area contributed by atoms with Crippen molar-refractivity contribution in [3.63, 3.8) is 0 Å². The van der Waals surface area contributed by atoms with Crippen molar-refractivity contribution in [2.75, 3.05) is 13.2 Å².